The molecular weight excluding hydrogens is 202 g/mol. The van der Waals surface area contributed by atoms with Gasteiger partial charge in [-0.3, -0.25) is 0 Å². The maximum Gasteiger partial charge on any atom is 0.0765 e. The van der Waals surface area contributed by atoms with E-state index in [0.29, 0.717) is 6.54 Å². The lowest BCUT2D eigenvalue weighted by atomic mass is 10.1. The second-order valence-corrected chi connectivity index (χ2v) is 4.94. The first kappa shape index (κ1) is 13.0. The Hall–Kier alpha value is -1.06. The van der Waals surface area contributed by atoms with Crippen LogP contribution >= 0.6 is 0 Å². The number of aliphatic hydroxyl groups is 2. The fraction of sp³-hybridized carbons (Fsp3) is 0.538. The second kappa shape index (κ2) is 4.85. The number of aliphatic hydroxyl groups excluding tert-OH is 1. The van der Waals surface area contributed by atoms with Crippen LogP contribution in [0, 0.1) is 0 Å². The normalized spacial score (nSPS) is 13.6. The highest BCUT2D eigenvalue weighted by Crippen LogP contribution is 2.19. The lowest BCUT2D eigenvalue weighted by Crippen LogP contribution is -2.36. The van der Waals surface area contributed by atoms with E-state index >= 15 is 0 Å². The average Bonchev–Trinajstić information content (AvgIpc) is 2.15. The quantitative estimate of drug-likeness (QED) is 0.820. The summed E-state index contributed by atoms with van der Waals surface area (Å²) in [6.07, 6.45) is -0.436. The van der Waals surface area contributed by atoms with E-state index in [1.807, 2.05) is 36.2 Å². The van der Waals surface area contributed by atoms with Gasteiger partial charge in [-0.15, -0.1) is 0 Å². The Labute approximate surface area is 97.3 Å². The lowest BCUT2D eigenvalue weighted by molar-refractivity contribution is 0.0886. The molecule has 0 heterocycles. The van der Waals surface area contributed by atoms with Crippen LogP contribution in [-0.2, 0) is 0 Å². The molecule has 1 atom stereocenters. The minimum absolute atomic E-state index is 0.436. The molecule has 90 valence electrons. The Morgan fingerprint density at radius 3 is 2.12 bits per heavy atom. The minimum Gasteiger partial charge on any atom is -0.389 e. The standard InChI is InChI=1S/C13H21NO2/c1-10(15)11-5-7-12(8-6-11)14(4)9-13(2,3)16/h5-8,10,15-16H,9H2,1-4H3/t10-/m1/s1. The van der Waals surface area contributed by atoms with Crippen molar-refractivity contribution in [1.29, 1.82) is 0 Å². The second-order valence-electron chi connectivity index (χ2n) is 4.94. The molecular formula is C13H21NO2. The summed E-state index contributed by atoms with van der Waals surface area (Å²) < 4.78 is 0. The van der Waals surface area contributed by atoms with Crippen LogP contribution in [-0.4, -0.2) is 29.4 Å². The van der Waals surface area contributed by atoms with Gasteiger partial charge in [0.05, 0.1) is 11.7 Å². The summed E-state index contributed by atoms with van der Waals surface area (Å²) in [5, 5.41) is 19.1. The first-order valence-electron chi connectivity index (χ1n) is 5.51. The smallest absolute Gasteiger partial charge is 0.0765 e. The van der Waals surface area contributed by atoms with Gasteiger partial charge in [-0.2, -0.15) is 0 Å². The van der Waals surface area contributed by atoms with E-state index in [1.165, 1.54) is 0 Å². The Morgan fingerprint density at radius 1 is 1.25 bits per heavy atom. The molecule has 1 aromatic carbocycles. The average molecular weight is 223 g/mol. The van der Waals surface area contributed by atoms with Gasteiger partial charge in [0.15, 0.2) is 0 Å². The molecule has 0 spiro atoms. The van der Waals surface area contributed by atoms with Crippen molar-refractivity contribution in [2.45, 2.75) is 32.5 Å². The number of anilines is 1. The fourth-order valence-corrected chi connectivity index (χ4v) is 1.68. The van der Waals surface area contributed by atoms with Gasteiger partial charge in [0.1, 0.15) is 0 Å². The molecule has 3 nitrogen and oxygen atoms in total. The predicted octanol–water partition coefficient (Wildman–Crippen LogP) is 1.95. The van der Waals surface area contributed by atoms with Crippen molar-refractivity contribution in [2.24, 2.45) is 0 Å². The molecule has 0 aromatic heterocycles. The maximum absolute atomic E-state index is 9.71. The van der Waals surface area contributed by atoms with Crippen LogP contribution in [0.2, 0.25) is 0 Å². The molecule has 0 saturated carbocycles. The van der Waals surface area contributed by atoms with E-state index in [4.69, 9.17) is 0 Å². The molecule has 0 bridgehead atoms. The van der Waals surface area contributed by atoms with E-state index in [-0.39, 0.29) is 0 Å². The third-order valence-electron chi connectivity index (χ3n) is 2.44. The van der Waals surface area contributed by atoms with Crippen LogP contribution in [0.5, 0.6) is 0 Å². The third-order valence-corrected chi connectivity index (χ3v) is 2.44. The molecule has 0 radical (unpaired) electrons. The Balaban J connectivity index is 2.74. The molecule has 0 aliphatic carbocycles. The van der Waals surface area contributed by atoms with Crippen LogP contribution in [0.15, 0.2) is 24.3 Å². The van der Waals surface area contributed by atoms with Gasteiger partial charge in [-0.05, 0) is 38.5 Å². The number of benzene rings is 1. The summed E-state index contributed by atoms with van der Waals surface area (Å²) in [6, 6.07) is 7.71. The SMILES string of the molecule is C[C@@H](O)c1ccc(N(C)CC(C)(C)O)cc1. The molecule has 0 saturated heterocycles. The van der Waals surface area contributed by atoms with Crippen molar-refractivity contribution in [3.8, 4) is 0 Å². The molecule has 0 fully saturated rings. The largest absolute Gasteiger partial charge is 0.389 e. The molecule has 0 unspecified atom stereocenters. The molecule has 1 aromatic rings. The molecule has 0 aliphatic heterocycles. The van der Waals surface area contributed by atoms with Crippen LogP contribution in [0.3, 0.4) is 0 Å². The number of likely N-dealkylation sites (N-methyl/N-ethyl adjacent to an activating group) is 1. The van der Waals surface area contributed by atoms with Crippen molar-refractivity contribution in [3.63, 3.8) is 0 Å². The van der Waals surface area contributed by atoms with E-state index < -0.39 is 11.7 Å². The summed E-state index contributed by atoms with van der Waals surface area (Å²) >= 11 is 0. The predicted molar refractivity (Wildman–Crippen MR) is 66.6 cm³/mol. The van der Waals surface area contributed by atoms with Crippen molar-refractivity contribution < 1.29 is 10.2 Å². The summed E-state index contributed by atoms with van der Waals surface area (Å²) in [5.74, 6) is 0. The van der Waals surface area contributed by atoms with Crippen molar-refractivity contribution in [2.75, 3.05) is 18.5 Å². The fourth-order valence-electron chi connectivity index (χ4n) is 1.68. The topological polar surface area (TPSA) is 43.7 Å². The van der Waals surface area contributed by atoms with E-state index in [2.05, 4.69) is 0 Å². The number of hydrogen-bond acceptors (Lipinski definition) is 3. The van der Waals surface area contributed by atoms with Gasteiger partial charge < -0.3 is 15.1 Å². The number of nitrogens with zero attached hydrogens (tertiary/aromatic N) is 1. The maximum atomic E-state index is 9.71. The highest BCUT2D eigenvalue weighted by molar-refractivity contribution is 5.47. The summed E-state index contributed by atoms with van der Waals surface area (Å²) in [6.45, 7) is 5.89. The highest BCUT2D eigenvalue weighted by atomic mass is 16.3. The van der Waals surface area contributed by atoms with Crippen LogP contribution in [0.4, 0.5) is 5.69 Å². The van der Waals surface area contributed by atoms with Crippen LogP contribution < -0.4 is 4.90 Å². The van der Waals surface area contributed by atoms with E-state index in [1.54, 1.807) is 20.8 Å². The Morgan fingerprint density at radius 2 is 1.75 bits per heavy atom. The molecule has 0 amide bonds. The lowest BCUT2D eigenvalue weighted by Gasteiger charge is -2.27. The van der Waals surface area contributed by atoms with E-state index in [0.717, 1.165) is 11.3 Å². The minimum atomic E-state index is -0.711. The summed E-state index contributed by atoms with van der Waals surface area (Å²) in [5.41, 5.74) is 1.23. The summed E-state index contributed by atoms with van der Waals surface area (Å²) in [4.78, 5) is 1.99. The van der Waals surface area contributed by atoms with Gasteiger partial charge in [0, 0.05) is 19.3 Å². The molecule has 2 N–H and O–H groups in total. The Kier molecular flexibility index (Phi) is 3.94. The van der Waals surface area contributed by atoms with Gasteiger partial charge in [0.25, 0.3) is 0 Å². The van der Waals surface area contributed by atoms with Crippen molar-refractivity contribution in [1.82, 2.24) is 0 Å². The van der Waals surface area contributed by atoms with Crippen LogP contribution in [0.25, 0.3) is 0 Å². The monoisotopic (exact) mass is 223 g/mol. The van der Waals surface area contributed by atoms with Crippen molar-refractivity contribution >= 4 is 5.69 Å². The zero-order chi connectivity index (χ0) is 12.3. The number of rotatable bonds is 4. The number of hydrogen-bond donors (Lipinski definition) is 2. The Bertz CT molecular complexity index is 325. The van der Waals surface area contributed by atoms with Gasteiger partial charge in [0.2, 0.25) is 0 Å². The van der Waals surface area contributed by atoms with Crippen LogP contribution in [0.1, 0.15) is 32.4 Å². The molecule has 16 heavy (non-hydrogen) atoms. The third kappa shape index (κ3) is 3.83. The molecule has 3 heteroatoms. The van der Waals surface area contributed by atoms with Gasteiger partial charge in [-0.1, -0.05) is 12.1 Å². The first-order valence-corrected chi connectivity index (χ1v) is 5.51. The zero-order valence-corrected chi connectivity index (χ0v) is 10.4. The summed E-state index contributed by atoms with van der Waals surface area (Å²) in [7, 11) is 1.94. The van der Waals surface area contributed by atoms with E-state index in [9.17, 15) is 10.2 Å². The van der Waals surface area contributed by atoms with Crippen molar-refractivity contribution in [3.05, 3.63) is 29.8 Å². The van der Waals surface area contributed by atoms with Gasteiger partial charge in [-0.25, -0.2) is 0 Å². The molecule has 0 aliphatic rings. The molecule has 1 rings (SSSR count). The van der Waals surface area contributed by atoms with Gasteiger partial charge >= 0.3 is 0 Å². The first-order chi connectivity index (χ1) is 7.29. The highest BCUT2D eigenvalue weighted by Gasteiger charge is 2.15. The zero-order valence-electron chi connectivity index (χ0n) is 10.4.